The van der Waals surface area contributed by atoms with Gasteiger partial charge in [-0.05, 0) is 80.3 Å². The quantitative estimate of drug-likeness (QED) is 0.588. The summed E-state index contributed by atoms with van der Waals surface area (Å²) < 4.78 is 6.61. The minimum Gasteiger partial charge on any atom is -0.504 e. The molecule has 1 unspecified atom stereocenters. The highest BCUT2D eigenvalue weighted by Gasteiger charge is 2.73. The molecule has 6 nitrogen and oxygen atoms in total. The Bertz CT molecular complexity index is 1300. The first-order chi connectivity index (χ1) is 17.7. The maximum absolute atomic E-state index is 13.5. The molecule has 0 aromatic heterocycles. The Morgan fingerprint density at radius 2 is 1.97 bits per heavy atom. The summed E-state index contributed by atoms with van der Waals surface area (Å²) in [4.78, 5) is 17.8. The number of nitrogens with zero attached hydrogens (tertiary/aromatic N) is 2. The molecule has 0 radical (unpaired) electrons. The zero-order valence-electron chi connectivity index (χ0n) is 20.9. The van der Waals surface area contributed by atoms with Crippen molar-refractivity contribution in [3.05, 3.63) is 57.1 Å². The van der Waals surface area contributed by atoms with Gasteiger partial charge in [-0.1, -0.05) is 35.3 Å². The highest BCUT2D eigenvalue weighted by Crippen LogP contribution is 2.66. The Kier molecular flexibility index (Phi) is 5.37. The first-order valence-corrected chi connectivity index (χ1v) is 14.2. The summed E-state index contributed by atoms with van der Waals surface area (Å²) in [6, 6.07) is 8.81. The van der Waals surface area contributed by atoms with Gasteiger partial charge in [0.15, 0.2) is 11.5 Å². The molecule has 1 saturated heterocycles. The third kappa shape index (κ3) is 3.35. The van der Waals surface area contributed by atoms with E-state index in [4.69, 9.17) is 27.9 Å². The summed E-state index contributed by atoms with van der Waals surface area (Å²) in [5, 5.41) is 24.3. The van der Waals surface area contributed by atoms with Crippen LogP contribution in [0.25, 0.3) is 0 Å². The fraction of sp³-hybridized carbons (Fsp3) is 0.552. The number of piperidine rings is 1. The van der Waals surface area contributed by atoms with Crippen molar-refractivity contribution in [2.24, 2.45) is 5.92 Å². The van der Waals surface area contributed by atoms with Gasteiger partial charge < -0.3 is 19.8 Å². The lowest BCUT2D eigenvalue weighted by molar-refractivity contribution is -0.200. The Balaban J connectivity index is 1.25. The smallest absolute Gasteiger partial charge is 0.227 e. The number of ether oxygens (including phenoxy) is 1. The van der Waals surface area contributed by atoms with E-state index in [1.165, 1.54) is 12.8 Å². The van der Waals surface area contributed by atoms with Crippen molar-refractivity contribution in [3.63, 3.8) is 0 Å². The van der Waals surface area contributed by atoms with Crippen molar-refractivity contribution in [1.29, 1.82) is 0 Å². The fourth-order valence-electron chi connectivity index (χ4n) is 7.99. The van der Waals surface area contributed by atoms with Gasteiger partial charge in [0.25, 0.3) is 0 Å². The van der Waals surface area contributed by atoms with Gasteiger partial charge in [-0.3, -0.25) is 9.69 Å². The van der Waals surface area contributed by atoms with E-state index in [0.29, 0.717) is 28.6 Å². The summed E-state index contributed by atoms with van der Waals surface area (Å²) >= 11 is 12.3. The van der Waals surface area contributed by atoms with Crippen LogP contribution >= 0.6 is 23.2 Å². The first-order valence-electron chi connectivity index (χ1n) is 13.4. The number of phenols is 1. The molecular weight excluding hydrogens is 511 g/mol. The Morgan fingerprint density at radius 3 is 2.73 bits per heavy atom. The van der Waals surface area contributed by atoms with Crippen molar-refractivity contribution in [3.8, 4) is 11.5 Å². The minimum absolute atomic E-state index is 0.0223. The molecule has 7 rings (SSSR count). The molecule has 196 valence electrons. The zero-order chi connectivity index (χ0) is 25.7. The fourth-order valence-corrected chi connectivity index (χ4v) is 8.31. The second kappa shape index (κ2) is 8.25. The molecule has 8 heteroatoms. The van der Waals surface area contributed by atoms with E-state index >= 15 is 0 Å². The van der Waals surface area contributed by atoms with E-state index in [1.807, 2.05) is 19.2 Å². The standard InChI is InChI=1S/C29H32Cl2N2O4/c1-32(24(35)13-17-4-6-19(30)20(31)12-17)21-8-9-29(36)23-14-18-5-7-22(34)26-25(18)28(29,27(21)37-26)10-11-33(23)15-16-2-3-16/h4-7,12,16,21,23,27,34,36H,2-3,8-11,13-15H2,1H3/t21?,23-,27+,28+,29-/m1/s1. The average molecular weight is 543 g/mol. The van der Waals surface area contributed by atoms with Crippen LogP contribution in [0.5, 0.6) is 11.5 Å². The summed E-state index contributed by atoms with van der Waals surface area (Å²) in [6.45, 7) is 1.94. The van der Waals surface area contributed by atoms with E-state index < -0.39 is 17.1 Å². The van der Waals surface area contributed by atoms with Crippen LogP contribution in [0.3, 0.4) is 0 Å². The summed E-state index contributed by atoms with van der Waals surface area (Å²) in [5.41, 5.74) is 1.35. The SMILES string of the molecule is CN(C(=O)Cc1ccc(Cl)c(Cl)c1)C1CC[C@@]2(O)[C@H]3Cc4ccc(O)c5c4[C@@]2(CCN3CC2CC2)[C@H]1O5. The van der Waals surface area contributed by atoms with Crippen LogP contribution in [-0.4, -0.2) is 69.8 Å². The molecule has 37 heavy (non-hydrogen) atoms. The van der Waals surface area contributed by atoms with Gasteiger partial charge in [0.2, 0.25) is 5.91 Å². The van der Waals surface area contributed by atoms with Gasteiger partial charge in [-0.25, -0.2) is 0 Å². The van der Waals surface area contributed by atoms with E-state index in [9.17, 15) is 15.0 Å². The Labute approximate surface area is 227 Å². The normalized spacial score (nSPS) is 33.6. The molecule has 5 aliphatic rings. The Morgan fingerprint density at radius 1 is 1.16 bits per heavy atom. The lowest BCUT2D eigenvalue weighted by Crippen LogP contribution is -2.78. The topological polar surface area (TPSA) is 73.2 Å². The number of halogens is 2. The van der Waals surface area contributed by atoms with Crippen LogP contribution in [0.4, 0.5) is 0 Å². The molecule has 3 fully saturated rings. The molecule has 2 aromatic rings. The number of carbonyl (C=O) groups excluding carboxylic acids is 1. The van der Waals surface area contributed by atoms with Crippen molar-refractivity contribution >= 4 is 29.1 Å². The number of carbonyl (C=O) groups is 1. The van der Waals surface area contributed by atoms with E-state index in [-0.39, 0.29) is 30.2 Å². The number of likely N-dealkylation sites (tertiary alicyclic amines) is 1. The van der Waals surface area contributed by atoms with Gasteiger partial charge in [0.05, 0.1) is 33.5 Å². The van der Waals surface area contributed by atoms with Crippen LogP contribution in [0.15, 0.2) is 30.3 Å². The van der Waals surface area contributed by atoms with Crippen LogP contribution in [0.1, 0.15) is 48.8 Å². The maximum atomic E-state index is 13.5. The lowest BCUT2D eigenvalue weighted by Gasteiger charge is -2.64. The molecule has 2 heterocycles. The number of benzene rings is 2. The molecule has 2 saturated carbocycles. The second-order valence-electron chi connectivity index (χ2n) is 11.8. The average Bonchev–Trinajstić information content (AvgIpc) is 3.61. The molecule has 2 N–H and O–H groups in total. The van der Waals surface area contributed by atoms with Crippen molar-refractivity contribution in [2.75, 3.05) is 20.1 Å². The van der Waals surface area contributed by atoms with E-state index in [2.05, 4.69) is 4.90 Å². The third-order valence-electron chi connectivity index (χ3n) is 9.96. The predicted octanol–water partition coefficient (Wildman–Crippen LogP) is 4.33. The van der Waals surface area contributed by atoms with E-state index in [1.54, 1.807) is 23.1 Å². The van der Waals surface area contributed by atoms with Crippen LogP contribution in [0, 0.1) is 5.92 Å². The third-order valence-corrected chi connectivity index (χ3v) is 10.7. The number of aliphatic hydroxyl groups is 1. The van der Waals surface area contributed by atoms with Gasteiger partial charge in [0, 0.05) is 25.2 Å². The van der Waals surface area contributed by atoms with Crippen molar-refractivity contribution in [2.45, 2.75) is 74.1 Å². The Hall–Kier alpha value is -1.99. The highest BCUT2D eigenvalue weighted by molar-refractivity contribution is 6.42. The van der Waals surface area contributed by atoms with Gasteiger partial charge >= 0.3 is 0 Å². The summed E-state index contributed by atoms with van der Waals surface area (Å²) in [5.74, 6) is 1.33. The van der Waals surface area contributed by atoms with Crippen LogP contribution in [-0.2, 0) is 23.1 Å². The largest absolute Gasteiger partial charge is 0.504 e. The van der Waals surface area contributed by atoms with Gasteiger partial charge in [-0.15, -0.1) is 0 Å². The molecule has 1 amide bonds. The summed E-state index contributed by atoms with van der Waals surface area (Å²) in [7, 11) is 1.83. The minimum atomic E-state index is -0.957. The molecule has 2 aliphatic heterocycles. The van der Waals surface area contributed by atoms with E-state index in [0.717, 1.165) is 48.5 Å². The number of hydrogen-bond acceptors (Lipinski definition) is 5. The maximum Gasteiger partial charge on any atom is 0.227 e. The second-order valence-corrected chi connectivity index (χ2v) is 12.6. The van der Waals surface area contributed by atoms with Crippen molar-refractivity contribution < 1.29 is 19.7 Å². The van der Waals surface area contributed by atoms with Gasteiger partial charge in [-0.2, -0.15) is 0 Å². The molecule has 2 aromatic carbocycles. The van der Waals surface area contributed by atoms with Crippen LogP contribution < -0.4 is 4.74 Å². The highest BCUT2D eigenvalue weighted by atomic mass is 35.5. The lowest BCUT2D eigenvalue weighted by atomic mass is 9.48. The number of amides is 1. The molecule has 5 atom stereocenters. The van der Waals surface area contributed by atoms with Gasteiger partial charge in [0.1, 0.15) is 6.10 Å². The summed E-state index contributed by atoms with van der Waals surface area (Å²) in [6.07, 6.45) is 5.11. The number of aromatic hydroxyl groups is 1. The predicted molar refractivity (Wildman–Crippen MR) is 142 cm³/mol. The molecular formula is C29H32Cl2N2O4. The molecule has 1 spiro atoms. The number of likely N-dealkylation sites (N-methyl/N-ethyl adjacent to an activating group) is 1. The monoisotopic (exact) mass is 542 g/mol. The molecule has 2 bridgehead atoms. The number of hydrogen-bond donors (Lipinski definition) is 2. The zero-order valence-corrected chi connectivity index (χ0v) is 22.4. The number of phenolic OH excluding ortho intramolecular Hbond substituents is 1. The number of rotatable bonds is 5. The van der Waals surface area contributed by atoms with Crippen LogP contribution in [0.2, 0.25) is 10.0 Å². The first kappa shape index (κ1) is 24.1. The van der Waals surface area contributed by atoms with Crippen molar-refractivity contribution in [1.82, 2.24) is 9.80 Å². The molecule has 3 aliphatic carbocycles.